The van der Waals surface area contributed by atoms with Gasteiger partial charge in [-0.15, -0.1) is 4.91 Å². The van der Waals surface area contributed by atoms with E-state index in [2.05, 4.69) is 5.18 Å². The molecule has 2 rings (SSSR count). The van der Waals surface area contributed by atoms with Crippen molar-refractivity contribution in [2.45, 2.75) is 17.7 Å². The molecule has 0 atom stereocenters. The van der Waals surface area contributed by atoms with Crippen LogP contribution in [0.2, 0.25) is 0 Å². The van der Waals surface area contributed by atoms with Crippen molar-refractivity contribution in [2.75, 3.05) is 17.5 Å². The molecule has 0 amide bonds. The summed E-state index contributed by atoms with van der Waals surface area (Å²) in [5.41, 5.74) is 0.390. The summed E-state index contributed by atoms with van der Waals surface area (Å²) in [6.45, 7) is 0.204. The second-order valence-electron chi connectivity index (χ2n) is 4.90. The minimum absolute atomic E-state index is 0.00480. The quantitative estimate of drug-likeness (QED) is 0.594. The Morgan fingerprint density at radius 2 is 1.61 bits per heavy atom. The molecule has 0 saturated carbocycles. The predicted octanol–water partition coefficient (Wildman–Crippen LogP) is 3.05. The van der Waals surface area contributed by atoms with Crippen LogP contribution in [0.15, 0.2) is 64.7 Å². The van der Waals surface area contributed by atoms with Gasteiger partial charge >= 0.3 is 0 Å². The van der Waals surface area contributed by atoms with Crippen LogP contribution < -0.4 is 4.31 Å². The third kappa shape index (κ3) is 3.94. The highest BCUT2D eigenvalue weighted by atomic mass is 32.2. The first kappa shape index (κ1) is 17.1. The van der Waals surface area contributed by atoms with Gasteiger partial charge in [-0.2, -0.15) is 0 Å². The Labute approximate surface area is 135 Å². The van der Waals surface area contributed by atoms with Gasteiger partial charge in [0.05, 0.1) is 5.69 Å². The summed E-state index contributed by atoms with van der Waals surface area (Å²) in [6, 6.07) is 14.5. The van der Waals surface area contributed by atoms with Gasteiger partial charge in [0.25, 0.3) is 10.0 Å². The first-order chi connectivity index (χ1) is 11.1. The van der Waals surface area contributed by atoms with E-state index in [-0.39, 0.29) is 23.7 Å². The summed E-state index contributed by atoms with van der Waals surface area (Å²) in [6.07, 6.45) is 0.994. The lowest BCUT2D eigenvalue weighted by Gasteiger charge is -2.24. The van der Waals surface area contributed by atoms with Gasteiger partial charge < -0.3 is 5.11 Å². The Morgan fingerprint density at radius 1 is 0.957 bits per heavy atom. The third-order valence-corrected chi connectivity index (χ3v) is 5.22. The molecule has 23 heavy (non-hydrogen) atoms. The van der Waals surface area contributed by atoms with E-state index >= 15 is 0 Å². The van der Waals surface area contributed by atoms with Crippen molar-refractivity contribution < 1.29 is 13.5 Å². The first-order valence-corrected chi connectivity index (χ1v) is 8.66. The molecule has 0 saturated heterocycles. The van der Waals surface area contributed by atoms with E-state index in [1.54, 1.807) is 42.5 Å². The van der Waals surface area contributed by atoms with E-state index in [4.69, 9.17) is 5.11 Å². The molecule has 122 valence electrons. The van der Waals surface area contributed by atoms with Crippen LogP contribution in [-0.4, -0.2) is 26.7 Å². The van der Waals surface area contributed by atoms with Gasteiger partial charge in [-0.1, -0.05) is 30.3 Å². The van der Waals surface area contributed by atoms with Crippen molar-refractivity contribution >= 4 is 21.4 Å². The van der Waals surface area contributed by atoms with Gasteiger partial charge in [0.2, 0.25) is 0 Å². The normalized spacial score (nSPS) is 11.2. The zero-order valence-corrected chi connectivity index (χ0v) is 13.3. The van der Waals surface area contributed by atoms with Gasteiger partial charge in [-0.3, -0.25) is 4.31 Å². The summed E-state index contributed by atoms with van der Waals surface area (Å²) in [7, 11) is -3.92. The van der Waals surface area contributed by atoms with Crippen molar-refractivity contribution in [2.24, 2.45) is 5.18 Å². The molecule has 0 aliphatic carbocycles. The minimum atomic E-state index is -3.92. The van der Waals surface area contributed by atoms with Gasteiger partial charge in [-0.25, -0.2) is 8.42 Å². The van der Waals surface area contributed by atoms with Crippen LogP contribution in [0.1, 0.15) is 12.8 Å². The Balaban J connectivity index is 2.46. The Morgan fingerprint density at radius 3 is 2.26 bits per heavy atom. The molecule has 0 aliphatic rings. The number of nitrogens with zero attached hydrogens (tertiary/aromatic N) is 2. The smallest absolute Gasteiger partial charge is 0.266 e. The maximum absolute atomic E-state index is 13.0. The van der Waals surface area contributed by atoms with Gasteiger partial charge in [0, 0.05) is 13.2 Å². The van der Waals surface area contributed by atoms with E-state index in [9.17, 15) is 13.3 Å². The fourth-order valence-electron chi connectivity index (χ4n) is 2.22. The highest BCUT2D eigenvalue weighted by Crippen LogP contribution is 2.30. The number of hydrogen-bond acceptors (Lipinski definition) is 5. The van der Waals surface area contributed by atoms with Gasteiger partial charge in [-0.05, 0) is 42.3 Å². The van der Waals surface area contributed by atoms with Crippen LogP contribution in [0.25, 0.3) is 0 Å². The molecule has 7 heteroatoms. The molecule has 0 aromatic heterocycles. The van der Waals surface area contributed by atoms with Crippen LogP contribution in [0.3, 0.4) is 0 Å². The van der Waals surface area contributed by atoms with Gasteiger partial charge in [0.1, 0.15) is 10.6 Å². The molecule has 0 unspecified atom stereocenters. The molecule has 1 N–H and O–H groups in total. The third-order valence-electron chi connectivity index (χ3n) is 3.35. The highest BCUT2D eigenvalue weighted by Gasteiger charge is 2.27. The molecule has 2 aromatic carbocycles. The number of sulfonamides is 1. The zero-order valence-electron chi connectivity index (χ0n) is 12.5. The van der Waals surface area contributed by atoms with Crippen LogP contribution in [0.4, 0.5) is 11.4 Å². The topological polar surface area (TPSA) is 87.0 Å². The van der Waals surface area contributed by atoms with Gasteiger partial charge in [0.15, 0.2) is 0 Å². The number of aliphatic hydroxyl groups excluding tert-OH is 1. The average Bonchev–Trinajstić information content (AvgIpc) is 2.59. The Kier molecular flexibility index (Phi) is 5.84. The summed E-state index contributed by atoms with van der Waals surface area (Å²) in [5, 5.41) is 11.7. The second-order valence-corrected chi connectivity index (χ2v) is 6.73. The summed E-state index contributed by atoms with van der Waals surface area (Å²) in [4.78, 5) is 10.8. The van der Waals surface area contributed by atoms with E-state index in [1.165, 1.54) is 16.4 Å². The highest BCUT2D eigenvalue weighted by molar-refractivity contribution is 7.93. The van der Waals surface area contributed by atoms with Crippen molar-refractivity contribution in [3.63, 3.8) is 0 Å². The summed E-state index contributed by atoms with van der Waals surface area (Å²) in [5.74, 6) is 0. The molecule has 0 spiro atoms. The monoisotopic (exact) mass is 334 g/mol. The number of unbranched alkanes of at least 4 members (excludes halogenated alkanes) is 1. The number of para-hydroxylation sites is 1. The number of nitroso groups, excluding NO2 is 1. The standard InChI is InChI=1S/C16H18N2O4S/c19-13-7-6-12-18(14-8-2-1-3-9-14)23(21,22)16-11-5-4-10-15(16)17-20/h1-5,8-11,19H,6-7,12-13H2. The average molecular weight is 334 g/mol. The molecule has 0 bridgehead atoms. The van der Waals surface area contributed by atoms with E-state index < -0.39 is 10.0 Å². The van der Waals surface area contributed by atoms with E-state index in [0.717, 1.165) is 0 Å². The molecule has 0 heterocycles. The molecular formula is C16H18N2O4S. The van der Waals surface area contributed by atoms with Crippen LogP contribution in [0.5, 0.6) is 0 Å². The van der Waals surface area contributed by atoms with Crippen molar-refractivity contribution in [1.29, 1.82) is 0 Å². The molecule has 6 nitrogen and oxygen atoms in total. The number of rotatable bonds is 8. The summed E-state index contributed by atoms with van der Waals surface area (Å²) >= 11 is 0. The Bertz CT molecular complexity index is 748. The van der Waals surface area contributed by atoms with E-state index in [0.29, 0.717) is 18.5 Å². The number of hydrogen-bond donors (Lipinski definition) is 1. The lowest BCUT2D eigenvalue weighted by atomic mass is 10.3. The maximum atomic E-state index is 13.0. The fourth-order valence-corrected chi connectivity index (χ4v) is 3.85. The number of benzene rings is 2. The number of anilines is 1. The Hall–Kier alpha value is -2.25. The van der Waals surface area contributed by atoms with Crippen LogP contribution >= 0.6 is 0 Å². The lowest BCUT2D eigenvalue weighted by molar-refractivity contribution is 0.285. The van der Waals surface area contributed by atoms with Crippen molar-refractivity contribution in [3.05, 3.63) is 59.5 Å². The van der Waals surface area contributed by atoms with E-state index in [1.807, 2.05) is 0 Å². The first-order valence-electron chi connectivity index (χ1n) is 7.22. The minimum Gasteiger partial charge on any atom is -0.396 e. The number of aliphatic hydroxyl groups is 1. The molecule has 2 aromatic rings. The predicted molar refractivity (Wildman–Crippen MR) is 89.2 cm³/mol. The van der Waals surface area contributed by atoms with Crippen molar-refractivity contribution in [3.8, 4) is 0 Å². The molecule has 0 fully saturated rings. The SMILES string of the molecule is O=Nc1ccccc1S(=O)(=O)N(CCCCO)c1ccccc1. The molecule has 0 aliphatic heterocycles. The second kappa shape index (κ2) is 7.85. The molecule has 0 radical (unpaired) electrons. The van der Waals surface area contributed by atoms with Crippen LogP contribution in [0, 0.1) is 4.91 Å². The fraction of sp³-hybridized carbons (Fsp3) is 0.250. The van der Waals surface area contributed by atoms with Crippen molar-refractivity contribution in [1.82, 2.24) is 0 Å². The lowest BCUT2D eigenvalue weighted by Crippen LogP contribution is -2.32. The molecular weight excluding hydrogens is 316 g/mol. The van der Waals surface area contributed by atoms with Crippen LogP contribution in [-0.2, 0) is 10.0 Å². The maximum Gasteiger partial charge on any atom is 0.266 e. The summed E-state index contributed by atoms with van der Waals surface area (Å²) < 4.78 is 27.2. The largest absolute Gasteiger partial charge is 0.396 e. The zero-order chi connectivity index (χ0) is 16.7.